The second-order valence-corrected chi connectivity index (χ2v) is 6.90. The second-order valence-electron chi connectivity index (χ2n) is 6.90. The summed E-state index contributed by atoms with van der Waals surface area (Å²) in [5.41, 5.74) is 2.30. The lowest BCUT2D eigenvalue weighted by molar-refractivity contribution is -0.127. The third-order valence-electron chi connectivity index (χ3n) is 3.81. The van der Waals surface area contributed by atoms with Gasteiger partial charge in [-0.2, -0.15) is 0 Å². The molecule has 1 aromatic carbocycles. The molecule has 1 atom stereocenters. The van der Waals surface area contributed by atoms with E-state index in [0.29, 0.717) is 18.7 Å². The van der Waals surface area contributed by atoms with Crippen LogP contribution in [0.3, 0.4) is 0 Å². The van der Waals surface area contributed by atoms with Crippen molar-refractivity contribution in [3.8, 4) is 5.75 Å². The number of carbonyl (C=O) groups is 1. The molecule has 0 bridgehead atoms. The molecular formula is C20H26N2O2. The maximum Gasteiger partial charge on any atom is 0.260 e. The van der Waals surface area contributed by atoms with E-state index in [-0.39, 0.29) is 11.3 Å². The first-order valence-corrected chi connectivity index (χ1v) is 8.31. The molecular weight excluding hydrogens is 300 g/mol. The maximum absolute atomic E-state index is 12.1. The van der Waals surface area contributed by atoms with Crippen molar-refractivity contribution < 1.29 is 9.53 Å². The molecule has 1 unspecified atom stereocenters. The smallest absolute Gasteiger partial charge is 0.260 e. The average molecular weight is 326 g/mol. The van der Waals surface area contributed by atoms with Crippen LogP contribution in [0.15, 0.2) is 48.7 Å². The molecule has 24 heavy (non-hydrogen) atoms. The molecule has 1 N–H and O–H groups in total. The van der Waals surface area contributed by atoms with Gasteiger partial charge in [-0.3, -0.25) is 9.78 Å². The monoisotopic (exact) mass is 326 g/mol. The van der Waals surface area contributed by atoms with Gasteiger partial charge in [0.1, 0.15) is 5.75 Å². The van der Waals surface area contributed by atoms with Crippen molar-refractivity contribution in [2.45, 2.75) is 45.6 Å². The Kier molecular flexibility index (Phi) is 5.96. The van der Waals surface area contributed by atoms with Gasteiger partial charge in [0.05, 0.1) is 0 Å². The number of ether oxygens (including phenoxy) is 1. The molecule has 4 heteroatoms. The van der Waals surface area contributed by atoms with E-state index in [1.807, 2.05) is 42.5 Å². The molecule has 0 spiro atoms. The standard InChI is InChI=1S/C20H26N2O2/c1-15(19(23)22-14-12-17-7-5-6-13-21-17)24-18-10-8-16(9-11-18)20(2,3)4/h5-11,13,15H,12,14H2,1-4H3,(H,22,23). The van der Waals surface area contributed by atoms with E-state index < -0.39 is 6.10 Å². The van der Waals surface area contributed by atoms with Gasteiger partial charge in [0, 0.05) is 24.9 Å². The summed E-state index contributed by atoms with van der Waals surface area (Å²) >= 11 is 0. The van der Waals surface area contributed by atoms with Gasteiger partial charge in [0.15, 0.2) is 6.10 Å². The number of nitrogens with zero attached hydrogens (tertiary/aromatic N) is 1. The molecule has 1 amide bonds. The number of hydrogen-bond donors (Lipinski definition) is 1. The van der Waals surface area contributed by atoms with E-state index in [4.69, 9.17) is 4.74 Å². The third kappa shape index (κ3) is 5.37. The van der Waals surface area contributed by atoms with Crippen LogP contribution < -0.4 is 10.1 Å². The first-order valence-electron chi connectivity index (χ1n) is 8.31. The van der Waals surface area contributed by atoms with Gasteiger partial charge < -0.3 is 10.1 Å². The van der Waals surface area contributed by atoms with Gasteiger partial charge in [0.25, 0.3) is 5.91 Å². The van der Waals surface area contributed by atoms with Crippen molar-refractivity contribution in [2.24, 2.45) is 0 Å². The fraction of sp³-hybridized carbons (Fsp3) is 0.400. The van der Waals surface area contributed by atoms with Gasteiger partial charge in [-0.15, -0.1) is 0 Å². The largest absolute Gasteiger partial charge is 0.481 e. The summed E-state index contributed by atoms with van der Waals surface area (Å²) in [4.78, 5) is 16.3. The summed E-state index contributed by atoms with van der Waals surface area (Å²) < 4.78 is 5.72. The van der Waals surface area contributed by atoms with Crippen molar-refractivity contribution in [3.63, 3.8) is 0 Å². The van der Waals surface area contributed by atoms with Crippen LogP contribution in [0.25, 0.3) is 0 Å². The van der Waals surface area contributed by atoms with Crippen LogP contribution in [0, 0.1) is 0 Å². The summed E-state index contributed by atoms with van der Waals surface area (Å²) in [5.74, 6) is 0.584. The Morgan fingerprint density at radius 3 is 2.46 bits per heavy atom. The molecule has 128 valence electrons. The minimum Gasteiger partial charge on any atom is -0.481 e. The molecule has 0 aliphatic heterocycles. The molecule has 2 rings (SSSR count). The van der Waals surface area contributed by atoms with E-state index in [0.717, 1.165) is 5.69 Å². The van der Waals surface area contributed by atoms with E-state index in [1.165, 1.54) is 5.56 Å². The summed E-state index contributed by atoms with van der Waals surface area (Å²) in [6.07, 6.45) is 1.93. The van der Waals surface area contributed by atoms with Gasteiger partial charge in [0.2, 0.25) is 0 Å². The fourth-order valence-corrected chi connectivity index (χ4v) is 2.29. The Labute approximate surface area is 144 Å². The molecule has 2 aromatic rings. The normalized spacial score (nSPS) is 12.5. The highest BCUT2D eigenvalue weighted by Gasteiger charge is 2.16. The van der Waals surface area contributed by atoms with Crippen LogP contribution in [0.4, 0.5) is 0 Å². The molecule has 0 fully saturated rings. The summed E-state index contributed by atoms with van der Waals surface area (Å²) in [6, 6.07) is 13.7. The lowest BCUT2D eigenvalue weighted by Crippen LogP contribution is -2.37. The first kappa shape index (κ1) is 18.0. The molecule has 1 heterocycles. The van der Waals surface area contributed by atoms with Crippen LogP contribution in [-0.4, -0.2) is 23.5 Å². The van der Waals surface area contributed by atoms with E-state index >= 15 is 0 Å². The number of rotatable bonds is 6. The highest BCUT2D eigenvalue weighted by Crippen LogP contribution is 2.24. The van der Waals surface area contributed by atoms with Crippen molar-refractivity contribution in [2.75, 3.05) is 6.54 Å². The Morgan fingerprint density at radius 1 is 1.17 bits per heavy atom. The van der Waals surface area contributed by atoms with Crippen molar-refractivity contribution >= 4 is 5.91 Å². The summed E-state index contributed by atoms with van der Waals surface area (Å²) in [5, 5.41) is 2.88. The Bertz CT molecular complexity index is 646. The number of hydrogen-bond acceptors (Lipinski definition) is 3. The highest BCUT2D eigenvalue weighted by molar-refractivity contribution is 5.80. The SMILES string of the molecule is CC(Oc1ccc(C(C)(C)C)cc1)C(=O)NCCc1ccccn1. The predicted octanol–water partition coefficient (Wildman–Crippen LogP) is 3.51. The third-order valence-corrected chi connectivity index (χ3v) is 3.81. The topological polar surface area (TPSA) is 51.2 Å². The fourth-order valence-electron chi connectivity index (χ4n) is 2.29. The average Bonchev–Trinajstić information content (AvgIpc) is 2.55. The number of pyridine rings is 1. The minimum absolute atomic E-state index is 0.104. The zero-order valence-electron chi connectivity index (χ0n) is 14.9. The van der Waals surface area contributed by atoms with E-state index in [9.17, 15) is 4.79 Å². The van der Waals surface area contributed by atoms with Gasteiger partial charge in [-0.25, -0.2) is 0 Å². The van der Waals surface area contributed by atoms with Crippen molar-refractivity contribution in [1.82, 2.24) is 10.3 Å². The Balaban J connectivity index is 1.81. The molecule has 0 saturated heterocycles. The van der Waals surface area contributed by atoms with Gasteiger partial charge in [-0.1, -0.05) is 39.0 Å². The minimum atomic E-state index is -0.533. The lowest BCUT2D eigenvalue weighted by atomic mass is 9.87. The number of nitrogens with one attached hydrogen (secondary N) is 1. The van der Waals surface area contributed by atoms with E-state index in [1.54, 1.807) is 13.1 Å². The quantitative estimate of drug-likeness (QED) is 0.884. The van der Waals surface area contributed by atoms with E-state index in [2.05, 4.69) is 31.1 Å². The second kappa shape index (κ2) is 7.95. The molecule has 0 aliphatic carbocycles. The van der Waals surface area contributed by atoms with Crippen LogP contribution in [0.1, 0.15) is 39.0 Å². The molecule has 1 aromatic heterocycles. The van der Waals surface area contributed by atoms with Crippen molar-refractivity contribution in [1.29, 1.82) is 0 Å². The summed E-state index contributed by atoms with van der Waals surface area (Å²) in [6.45, 7) is 8.81. The molecule has 4 nitrogen and oxygen atoms in total. The zero-order valence-corrected chi connectivity index (χ0v) is 14.9. The highest BCUT2D eigenvalue weighted by atomic mass is 16.5. The lowest BCUT2D eigenvalue weighted by Gasteiger charge is -2.20. The number of aromatic nitrogens is 1. The van der Waals surface area contributed by atoms with Crippen LogP contribution in [0.2, 0.25) is 0 Å². The number of amides is 1. The maximum atomic E-state index is 12.1. The molecule has 0 saturated carbocycles. The van der Waals surface area contributed by atoms with Gasteiger partial charge in [-0.05, 0) is 42.2 Å². The predicted molar refractivity (Wildman–Crippen MR) is 96.2 cm³/mol. The summed E-state index contributed by atoms with van der Waals surface area (Å²) in [7, 11) is 0. The number of benzene rings is 1. The zero-order chi connectivity index (χ0) is 17.6. The van der Waals surface area contributed by atoms with Crippen LogP contribution in [0.5, 0.6) is 5.75 Å². The molecule has 0 radical (unpaired) electrons. The van der Waals surface area contributed by atoms with Crippen LogP contribution >= 0.6 is 0 Å². The molecule has 0 aliphatic rings. The van der Waals surface area contributed by atoms with Gasteiger partial charge >= 0.3 is 0 Å². The van der Waals surface area contributed by atoms with Crippen molar-refractivity contribution in [3.05, 3.63) is 59.9 Å². The Hall–Kier alpha value is -2.36. The number of carbonyl (C=O) groups excluding carboxylic acids is 1. The van der Waals surface area contributed by atoms with Crippen LogP contribution in [-0.2, 0) is 16.6 Å². The first-order chi connectivity index (χ1) is 11.4. The Morgan fingerprint density at radius 2 is 1.88 bits per heavy atom.